The number of carbonyl (C=O) groups is 2. The van der Waals surface area contributed by atoms with E-state index in [1.807, 2.05) is 6.07 Å². The Balaban J connectivity index is 2.68. The maximum atomic E-state index is 11.1. The topological polar surface area (TPSA) is 43.4 Å². The molecule has 1 heterocycles. The first-order valence-electron chi connectivity index (χ1n) is 3.93. The van der Waals surface area contributed by atoms with E-state index in [-0.39, 0.29) is 10.8 Å². The number of methoxy groups -OCH3 is 1. The average Bonchev–Trinajstić information content (AvgIpc) is 2.65. The van der Waals surface area contributed by atoms with Crippen LogP contribution in [0.4, 0.5) is 0 Å². The number of rotatable bonds is 4. The Morgan fingerprint density at radius 3 is 3.00 bits per heavy atom. The van der Waals surface area contributed by atoms with Crippen molar-refractivity contribution in [2.45, 2.75) is 11.2 Å². The number of aldehydes is 1. The highest BCUT2D eigenvalue weighted by molar-refractivity contribution is 9.09. The minimum absolute atomic E-state index is 0.188. The van der Waals surface area contributed by atoms with Crippen molar-refractivity contribution in [1.29, 1.82) is 0 Å². The van der Waals surface area contributed by atoms with Crippen LogP contribution >= 0.6 is 27.3 Å². The van der Waals surface area contributed by atoms with Crippen LogP contribution in [-0.2, 0) is 16.0 Å². The number of alkyl halides is 1. The maximum Gasteiger partial charge on any atom is 0.348 e. The van der Waals surface area contributed by atoms with E-state index in [1.165, 1.54) is 18.4 Å². The molecule has 1 rings (SSSR count). The van der Waals surface area contributed by atoms with Gasteiger partial charge in [-0.05, 0) is 12.1 Å². The molecule has 0 fully saturated rings. The van der Waals surface area contributed by atoms with Crippen molar-refractivity contribution < 1.29 is 14.3 Å². The number of hydrogen-bond donors (Lipinski definition) is 0. The van der Waals surface area contributed by atoms with E-state index in [4.69, 9.17) is 0 Å². The molecule has 14 heavy (non-hydrogen) atoms. The largest absolute Gasteiger partial charge is 0.465 e. The van der Waals surface area contributed by atoms with Crippen LogP contribution in [0.1, 0.15) is 14.5 Å². The third kappa shape index (κ3) is 2.92. The van der Waals surface area contributed by atoms with Crippen molar-refractivity contribution in [3.8, 4) is 0 Å². The lowest BCUT2D eigenvalue weighted by molar-refractivity contribution is -0.107. The van der Waals surface area contributed by atoms with Crippen LogP contribution in [0.5, 0.6) is 0 Å². The SMILES string of the molecule is COC(=O)c1ccc(CC(Br)C=O)s1. The van der Waals surface area contributed by atoms with Gasteiger partial charge in [0.15, 0.2) is 0 Å². The van der Waals surface area contributed by atoms with Crippen molar-refractivity contribution in [1.82, 2.24) is 0 Å². The highest BCUT2D eigenvalue weighted by Gasteiger charge is 2.11. The lowest BCUT2D eigenvalue weighted by Gasteiger charge is -1.97. The van der Waals surface area contributed by atoms with Crippen LogP contribution in [-0.4, -0.2) is 24.2 Å². The molecule has 0 aromatic carbocycles. The predicted molar refractivity (Wildman–Crippen MR) is 58.1 cm³/mol. The minimum atomic E-state index is -0.335. The van der Waals surface area contributed by atoms with Gasteiger partial charge in [0.25, 0.3) is 0 Å². The van der Waals surface area contributed by atoms with Gasteiger partial charge in [-0.3, -0.25) is 0 Å². The summed E-state index contributed by atoms with van der Waals surface area (Å²) in [5.41, 5.74) is 0. The van der Waals surface area contributed by atoms with Crippen LogP contribution in [0.15, 0.2) is 12.1 Å². The molecule has 0 amide bonds. The summed E-state index contributed by atoms with van der Waals surface area (Å²) in [6.07, 6.45) is 1.43. The zero-order valence-corrected chi connectivity index (χ0v) is 9.93. The van der Waals surface area contributed by atoms with Gasteiger partial charge in [0, 0.05) is 11.3 Å². The molecule has 0 radical (unpaired) electrons. The Bertz CT molecular complexity index is 335. The van der Waals surface area contributed by atoms with Crippen LogP contribution in [0.3, 0.4) is 0 Å². The van der Waals surface area contributed by atoms with Crippen LogP contribution in [0.25, 0.3) is 0 Å². The van der Waals surface area contributed by atoms with E-state index in [9.17, 15) is 9.59 Å². The van der Waals surface area contributed by atoms with Gasteiger partial charge in [-0.15, -0.1) is 11.3 Å². The van der Waals surface area contributed by atoms with E-state index in [2.05, 4.69) is 20.7 Å². The minimum Gasteiger partial charge on any atom is -0.465 e. The summed E-state index contributed by atoms with van der Waals surface area (Å²) in [4.78, 5) is 22.8. The molecule has 5 heteroatoms. The molecule has 0 spiro atoms. The molecule has 1 aromatic rings. The van der Waals surface area contributed by atoms with Gasteiger partial charge in [-0.1, -0.05) is 15.9 Å². The normalized spacial score (nSPS) is 12.1. The molecule has 0 aliphatic carbocycles. The Morgan fingerprint density at radius 2 is 2.43 bits per heavy atom. The van der Waals surface area contributed by atoms with Gasteiger partial charge in [0.1, 0.15) is 11.2 Å². The molecule has 3 nitrogen and oxygen atoms in total. The summed E-state index contributed by atoms with van der Waals surface area (Å²) in [5, 5.41) is 0. The van der Waals surface area contributed by atoms with Gasteiger partial charge < -0.3 is 9.53 Å². The number of hydrogen-bond acceptors (Lipinski definition) is 4. The van der Waals surface area contributed by atoms with Gasteiger partial charge in [0.2, 0.25) is 0 Å². The summed E-state index contributed by atoms with van der Waals surface area (Å²) in [7, 11) is 1.35. The van der Waals surface area contributed by atoms with E-state index in [0.717, 1.165) is 11.2 Å². The fourth-order valence-electron chi connectivity index (χ4n) is 0.938. The number of halogens is 1. The second kappa shape index (κ2) is 5.26. The quantitative estimate of drug-likeness (QED) is 0.480. The Hall–Kier alpha value is -0.680. The van der Waals surface area contributed by atoms with Crippen LogP contribution < -0.4 is 0 Å². The second-order valence-electron chi connectivity index (χ2n) is 2.61. The van der Waals surface area contributed by atoms with Crippen molar-refractivity contribution >= 4 is 39.5 Å². The smallest absolute Gasteiger partial charge is 0.348 e. The van der Waals surface area contributed by atoms with Gasteiger partial charge in [-0.2, -0.15) is 0 Å². The fraction of sp³-hybridized carbons (Fsp3) is 0.333. The third-order valence-corrected chi connectivity index (χ3v) is 3.22. The van der Waals surface area contributed by atoms with Crippen molar-refractivity contribution in [3.63, 3.8) is 0 Å². The molecular weight excluding hydrogens is 268 g/mol. The molecule has 0 saturated heterocycles. The molecule has 76 valence electrons. The van der Waals surface area contributed by atoms with Crippen LogP contribution in [0.2, 0.25) is 0 Å². The zero-order valence-electron chi connectivity index (χ0n) is 7.53. The molecule has 1 unspecified atom stereocenters. The molecule has 1 atom stereocenters. The highest BCUT2D eigenvalue weighted by Crippen LogP contribution is 2.20. The van der Waals surface area contributed by atoms with Crippen LogP contribution in [0, 0.1) is 0 Å². The Morgan fingerprint density at radius 1 is 1.71 bits per heavy atom. The fourth-order valence-corrected chi connectivity index (χ4v) is 2.49. The van der Waals surface area contributed by atoms with E-state index >= 15 is 0 Å². The highest BCUT2D eigenvalue weighted by atomic mass is 79.9. The molecule has 0 N–H and O–H groups in total. The lowest BCUT2D eigenvalue weighted by atomic mass is 10.3. The van der Waals surface area contributed by atoms with Crippen molar-refractivity contribution in [2.75, 3.05) is 7.11 Å². The molecule has 0 bridgehead atoms. The molecule has 0 aliphatic rings. The first-order valence-corrected chi connectivity index (χ1v) is 5.67. The lowest BCUT2D eigenvalue weighted by Crippen LogP contribution is -2.01. The Labute approximate surface area is 94.2 Å². The van der Waals surface area contributed by atoms with Gasteiger partial charge >= 0.3 is 5.97 Å². The average molecular weight is 277 g/mol. The molecular formula is C9H9BrO3S. The van der Waals surface area contributed by atoms with Gasteiger partial charge in [-0.25, -0.2) is 4.79 Å². The molecule has 0 aliphatic heterocycles. The van der Waals surface area contributed by atoms with Crippen molar-refractivity contribution in [3.05, 3.63) is 21.9 Å². The number of ether oxygens (including phenoxy) is 1. The zero-order chi connectivity index (χ0) is 10.6. The van der Waals surface area contributed by atoms with E-state index < -0.39 is 0 Å². The summed E-state index contributed by atoms with van der Waals surface area (Å²) in [5.74, 6) is -0.335. The monoisotopic (exact) mass is 276 g/mol. The summed E-state index contributed by atoms with van der Waals surface area (Å²) in [6.45, 7) is 0. The van der Waals surface area contributed by atoms with Crippen molar-refractivity contribution in [2.24, 2.45) is 0 Å². The molecule has 0 saturated carbocycles. The first-order chi connectivity index (χ1) is 6.67. The number of esters is 1. The van der Waals surface area contributed by atoms with E-state index in [0.29, 0.717) is 11.3 Å². The summed E-state index contributed by atoms with van der Waals surface area (Å²) < 4.78 is 4.57. The second-order valence-corrected chi connectivity index (χ2v) is 4.96. The number of thiophene rings is 1. The third-order valence-electron chi connectivity index (χ3n) is 1.59. The number of carbonyl (C=O) groups excluding carboxylic acids is 2. The molecule has 1 aromatic heterocycles. The van der Waals surface area contributed by atoms with E-state index in [1.54, 1.807) is 6.07 Å². The summed E-state index contributed by atoms with van der Waals surface area (Å²) in [6, 6.07) is 3.53. The standard InChI is InChI=1S/C9H9BrO3S/c1-13-9(12)8-3-2-7(14-8)4-6(10)5-11/h2-3,5-6H,4H2,1H3. The Kier molecular flexibility index (Phi) is 4.28. The van der Waals surface area contributed by atoms with Gasteiger partial charge in [0.05, 0.1) is 11.9 Å². The maximum absolute atomic E-state index is 11.1. The first kappa shape index (κ1) is 11.4. The summed E-state index contributed by atoms with van der Waals surface area (Å²) >= 11 is 4.55. The predicted octanol–water partition coefficient (Wildman–Crippen LogP) is 2.04.